The molecule has 5 heteroatoms. The van der Waals surface area contributed by atoms with E-state index < -0.39 is 0 Å². The van der Waals surface area contributed by atoms with Crippen molar-refractivity contribution in [3.8, 4) is 11.5 Å². The lowest BCUT2D eigenvalue weighted by atomic mass is 10.2. The van der Waals surface area contributed by atoms with Crippen molar-refractivity contribution < 1.29 is 9.47 Å². The van der Waals surface area contributed by atoms with Gasteiger partial charge in [0.1, 0.15) is 11.5 Å². The van der Waals surface area contributed by atoms with Crippen molar-refractivity contribution in [1.29, 1.82) is 0 Å². The quantitative estimate of drug-likeness (QED) is 0.873. The van der Waals surface area contributed by atoms with E-state index in [0.717, 1.165) is 28.5 Å². The number of benzene rings is 1. The summed E-state index contributed by atoms with van der Waals surface area (Å²) in [5.41, 5.74) is 2.92. The van der Waals surface area contributed by atoms with E-state index in [4.69, 9.17) is 9.47 Å². The third-order valence-electron chi connectivity index (χ3n) is 2.95. The molecule has 0 aliphatic rings. The van der Waals surface area contributed by atoms with Crippen molar-refractivity contribution in [1.82, 2.24) is 15.3 Å². The van der Waals surface area contributed by atoms with Crippen molar-refractivity contribution in [2.45, 2.75) is 20.0 Å². The molecular weight excluding hydrogens is 254 g/mol. The van der Waals surface area contributed by atoms with Gasteiger partial charge < -0.3 is 14.8 Å². The molecular formula is C15H19N3O2. The molecule has 1 aromatic carbocycles. The number of hydrogen-bond donors (Lipinski definition) is 1. The van der Waals surface area contributed by atoms with Crippen LogP contribution < -0.4 is 14.8 Å². The van der Waals surface area contributed by atoms with Gasteiger partial charge in [-0.15, -0.1) is 0 Å². The van der Waals surface area contributed by atoms with Crippen molar-refractivity contribution in [3.05, 3.63) is 47.5 Å². The Morgan fingerprint density at radius 3 is 2.55 bits per heavy atom. The number of aromatic nitrogens is 2. The summed E-state index contributed by atoms with van der Waals surface area (Å²) in [4.78, 5) is 8.52. The van der Waals surface area contributed by atoms with E-state index in [-0.39, 0.29) is 0 Å². The van der Waals surface area contributed by atoms with Gasteiger partial charge in [0.25, 0.3) is 0 Å². The third kappa shape index (κ3) is 3.68. The van der Waals surface area contributed by atoms with Crippen LogP contribution in [-0.4, -0.2) is 24.2 Å². The van der Waals surface area contributed by atoms with Gasteiger partial charge in [0.15, 0.2) is 0 Å². The smallest absolute Gasteiger partial charge is 0.127 e. The molecule has 0 unspecified atom stereocenters. The highest BCUT2D eigenvalue weighted by Gasteiger charge is 2.05. The van der Waals surface area contributed by atoms with Crippen LogP contribution in [0, 0.1) is 6.92 Å². The second kappa shape index (κ2) is 6.86. The molecule has 1 N–H and O–H groups in total. The second-order valence-corrected chi connectivity index (χ2v) is 4.43. The first-order valence-electron chi connectivity index (χ1n) is 6.42. The molecule has 0 radical (unpaired) electrons. The van der Waals surface area contributed by atoms with Crippen LogP contribution in [0.25, 0.3) is 0 Å². The lowest BCUT2D eigenvalue weighted by molar-refractivity contribution is 0.389. The molecule has 2 aromatic rings. The molecule has 5 nitrogen and oxygen atoms in total. The Labute approximate surface area is 119 Å². The van der Waals surface area contributed by atoms with Crippen LogP contribution in [-0.2, 0) is 13.1 Å². The van der Waals surface area contributed by atoms with Gasteiger partial charge in [-0.25, -0.2) is 0 Å². The molecule has 20 heavy (non-hydrogen) atoms. The molecule has 1 heterocycles. The third-order valence-corrected chi connectivity index (χ3v) is 2.95. The SMILES string of the molecule is COc1ccc(CNCc2cnc(C)cn2)c(OC)c1. The summed E-state index contributed by atoms with van der Waals surface area (Å²) in [5, 5.41) is 3.33. The highest BCUT2D eigenvalue weighted by molar-refractivity contribution is 5.40. The van der Waals surface area contributed by atoms with E-state index in [1.807, 2.05) is 25.1 Å². The largest absolute Gasteiger partial charge is 0.497 e. The van der Waals surface area contributed by atoms with Crippen LogP contribution in [0.2, 0.25) is 0 Å². The maximum atomic E-state index is 5.36. The Morgan fingerprint density at radius 2 is 1.90 bits per heavy atom. The monoisotopic (exact) mass is 273 g/mol. The Balaban J connectivity index is 1.95. The van der Waals surface area contributed by atoms with Crippen LogP contribution in [0.1, 0.15) is 17.0 Å². The molecule has 0 saturated heterocycles. The lowest BCUT2D eigenvalue weighted by Crippen LogP contribution is -2.14. The predicted molar refractivity (Wildman–Crippen MR) is 76.9 cm³/mol. The van der Waals surface area contributed by atoms with E-state index in [9.17, 15) is 0 Å². The van der Waals surface area contributed by atoms with Crippen molar-refractivity contribution in [2.24, 2.45) is 0 Å². The molecule has 0 saturated carbocycles. The summed E-state index contributed by atoms with van der Waals surface area (Å²) < 4.78 is 10.5. The average Bonchev–Trinajstić information content (AvgIpc) is 2.49. The van der Waals surface area contributed by atoms with Gasteiger partial charge in [-0.2, -0.15) is 0 Å². The summed E-state index contributed by atoms with van der Waals surface area (Å²) in [6.45, 7) is 3.29. The first-order valence-corrected chi connectivity index (χ1v) is 6.42. The Bertz CT molecular complexity index is 556. The Morgan fingerprint density at radius 1 is 1.05 bits per heavy atom. The van der Waals surface area contributed by atoms with E-state index in [0.29, 0.717) is 13.1 Å². The van der Waals surface area contributed by atoms with E-state index in [1.165, 1.54) is 0 Å². The minimum absolute atomic E-state index is 0.669. The van der Waals surface area contributed by atoms with Gasteiger partial charge in [0, 0.05) is 37.1 Å². The number of rotatable bonds is 6. The summed E-state index contributed by atoms with van der Waals surface area (Å²) in [5.74, 6) is 1.60. The van der Waals surface area contributed by atoms with Crippen molar-refractivity contribution in [2.75, 3.05) is 14.2 Å². The predicted octanol–water partition coefficient (Wildman–Crippen LogP) is 2.09. The summed E-state index contributed by atoms with van der Waals surface area (Å²) in [7, 11) is 3.30. The average molecular weight is 273 g/mol. The van der Waals surface area contributed by atoms with E-state index >= 15 is 0 Å². The topological polar surface area (TPSA) is 56.3 Å². The highest BCUT2D eigenvalue weighted by atomic mass is 16.5. The minimum Gasteiger partial charge on any atom is -0.497 e. The van der Waals surface area contributed by atoms with Crippen LogP contribution in [0.4, 0.5) is 0 Å². The van der Waals surface area contributed by atoms with Crippen LogP contribution >= 0.6 is 0 Å². The van der Waals surface area contributed by atoms with Gasteiger partial charge in [-0.05, 0) is 13.0 Å². The van der Waals surface area contributed by atoms with Gasteiger partial charge >= 0.3 is 0 Å². The zero-order valence-electron chi connectivity index (χ0n) is 12.0. The first-order chi connectivity index (χ1) is 9.72. The number of ether oxygens (including phenoxy) is 2. The Hall–Kier alpha value is -2.14. The van der Waals surface area contributed by atoms with Crippen LogP contribution in [0.3, 0.4) is 0 Å². The van der Waals surface area contributed by atoms with Crippen molar-refractivity contribution >= 4 is 0 Å². The zero-order chi connectivity index (χ0) is 14.4. The van der Waals surface area contributed by atoms with Gasteiger partial charge in [-0.1, -0.05) is 6.07 Å². The van der Waals surface area contributed by atoms with Gasteiger partial charge in [0.05, 0.1) is 25.6 Å². The maximum absolute atomic E-state index is 5.36. The summed E-state index contributed by atoms with van der Waals surface area (Å²) >= 11 is 0. The van der Waals surface area contributed by atoms with Gasteiger partial charge in [0.2, 0.25) is 0 Å². The normalized spacial score (nSPS) is 10.3. The summed E-state index contributed by atoms with van der Waals surface area (Å²) in [6.07, 6.45) is 3.55. The minimum atomic E-state index is 0.669. The number of nitrogens with zero attached hydrogens (tertiary/aromatic N) is 2. The molecule has 2 rings (SSSR count). The molecule has 0 fully saturated rings. The lowest BCUT2D eigenvalue weighted by Gasteiger charge is -2.11. The molecule has 0 spiro atoms. The highest BCUT2D eigenvalue weighted by Crippen LogP contribution is 2.24. The second-order valence-electron chi connectivity index (χ2n) is 4.43. The number of hydrogen-bond acceptors (Lipinski definition) is 5. The fourth-order valence-corrected chi connectivity index (χ4v) is 1.83. The first kappa shape index (κ1) is 14.3. The van der Waals surface area contributed by atoms with Gasteiger partial charge in [-0.3, -0.25) is 9.97 Å². The molecule has 0 aliphatic heterocycles. The molecule has 0 aliphatic carbocycles. The van der Waals surface area contributed by atoms with Crippen molar-refractivity contribution in [3.63, 3.8) is 0 Å². The molecule has 0 atom stereocenters. The van der Waals surface area contributed by atoms with E-state index in [1.54, 1.807) is 26.6 Å². The number of nitrogens with one attached hydrogen (secondary N) is 1. The standard InChI is InChI=1S/C15H19N3O2/c1-11-7-18-13(10-17-11)9-16-8-12-4-5-14(19-2)6-15(12)20-3/h4-7,10,16H,8-9H2,1-3H3. The van der Waals surface area contributed by atoms with Crippen LogP contribution in [0.5, 0.6) is 11.5 Å². The fraction of sp³-hybridized carbons (Fsp3) is 0.333. The molecule has 1 aromatic heterocycles. The van der Waals surface area contributed by atoms with Crippen LogP contribution in [0.15, 0.2) is 30.6 Å². The summed E-state index contributed by atoms with van der Waals surface area (Å²) in [6, 6.07) is 5.79. The number of methoxy groups -OCH3 is 2. The zero-order valence-corrected chi connectivity index (χ0v) is 12.0. The Kier molecular flexibility index (Phi) is 4.90. The maximum Gasteiger partial charge on any atom is 0.127 e. The molecule has 0 bridgehead atoms. The van der Waals surface area contributed by atoms with E-state index in [2.05, 4.69) is 15.3 Å². The molecule has 106 valence electrons. The number of aryl methyl sites for hydroxylation is 1. The fourth-order valence-electron chi connectivity index (χ4n) is 1.83. The molecule has 0 amide bonds.